The summed E-state index contributed by atoms with van der Waals surface area (Å²) in [4.78, 5) is 14.4. The van der Waals surface area contributed by atoms with Gasteiger partial charge in [0, 0.05) is 12.2 Å². The lowest BCUT2D eigenvalue weighted by atomic mass is 10.0. The molecular formula is C20H23NO4. The van der Waals surface area contributed by atoms with Crippen LogP contribution in [0.1, 0.15) is 18.9 Å². The van der Waals surface area contributed by atoms with Crippen molar-refractivity contribution in [1.82, 2.24) is 0 Å². The van der Waals surface area contributed by atoms with Gasteiger partial charge in [0.2, 0.25) is 0 Å². The third kappa shape index (κ3) is 4.05. The molecule has 0 N–H and O–H groups in total. The number of nitrogens with zero attached hydrogens (tertiary/aromatic N) is 1. The highest BCUT2D eigenvalue weighted by Crippen LogP contribution is 2.30. The van der Waals surface area contributed by atoms with Crippen molar-refractivity contribution in [2.75, 3.05) is 31.8 Å². The third-order valence-corrected chi connectivity index (χ3v) is 4.20. The van der Waals surface area contributed by atoms with E-state index in [4.69, 9.17) is 14.2 Å². The minimum absolute atomic E-state index is 0.0133. The summed E-state index contributed by atoms with van der Waals surface area (Å²) < 4.78 is 16.3. The van der Waals surface area contributed by atoms with Crippen LogP contribution in [-0.2, 0) is 11.2 Å². The van der Waals surface area contributed by atoms with Gasteiger partial charge in [-0.1, -0.05) is 0 Å². The fraction of sp³-hybridized carbons (Fsp3) is 0.350. The van der Waals surface area contributed by atoms with Crippen molar-refractivity contribution in [3.63, 3.8) is 0 Å². The Kier molecular flexibility index (Phi) is 5.43. The summed E-state index contributed by atoms with van der Waals surface area (Å²) in [5, 5.41) is 0. The van der Waals surface area contributed by atoms with E-state index in [1.165, 1.54) is 0 Å². The first-order valence-corrected chi connectivity index (χ1v) is 8.54. The van der Waals surface area contributed by atoms with Crippen LogP contribution in [0.5, 0.6) is 17.2 Å². The molecular weight excluding hydrogens is 318 g/mol. The van der Waals surface area contributed by atoms with E-state index < -0.39 is 0 Å². The van der Waals surface area contributed by atoms with Crippen molar-refractivity contribution in [2.24, 2.45) is 0 Å². The summed E-state index contributed by atoms with van der Waals surface area (Å²) >= 11 is 0. The highest BCUT2D eigenvalue weighted by Gasteiger charge is 2.23. The highest BCUT2D eigenvalue weighted by molar-refractivity contribution is 5.95. The zero-order valence-electron chi connectivity index (χ0n) is 14.7. The predicted octanol–water partition coefficient (Wildman–Crippen LogP) is 3.45. The molecule has 3 rings (SSSR count). The van der Waals surface area contributed by atoms with Gasteiger partial charge in [-0.25, -0.2) is 0 Å². The van der Waals surface area contributed by atoms with E-state index in [9.17, 15) is 4.79 Å². The van der Waals surface area contributed by atoms with Crippen LogP contribution >= 0.6 is 0 Å². The molecule has 1 heterocycles. The Labute approximate surface area is 148 Å². The lowest BCUT2D eigenvalue weighted by Crippen LogP contribution is -2.38. The number of carbonyl (C=O) groups is 1. The number of anilines is 1. The maximum atomic E-state index is 12.6. The molecule has 2 aromatic carbocycles. The number of methoxy groups -OCH3 is 1. The summed E-state index contributed by atoms with van der Waals surface area (Å²) in [7, 11) is 1.65. The number of carbonyl (C=O) groups excluding carboxylic acids is 1. The topological polar surface area (TPSA) is 48.0 Å². The molecule has 5 nitrogen and oxygen atoms in total. The van der Waals surface area contributed by atoms with E-state index >= 15 is 0 Å². The third-order valence-electron chi connectivity index (χ3n) is 4.20. The maximum Gasteiger partial charge on any atom is 0.264 e. The zero-order valence-corrected chi connectivity index (χ0v) is 14.7. The molecule has 1 amide bonds. The second kappa shape index (κ2) is 7.92. The van der Waals surface area contributed by atoms with Gasteiger partial charge in [0.25, 0.3) is 5.91 Å². The van der Waals surface area contributed by atoms with Gasteiger partial charge in [-0.05, 0) is 67.8 Å². The SMILES string of the molecule is CCOc1ccc(OCC(=O)N2CCCc3cc(OC)ccc32)cc1. The maximum absolute atomic E-state index is 12.6. The lowest BCUT2D eigenvalue weighted by Gasteiger charge is -2.29. The van der Waals surface area contributed by atoms with Crippen molar-refractivity contribution in [2.45, 2.75) is 19.8 Å². The number of aryl methyl sites for hydroxylation is 1. The lowest BCUT2D eigenvalue weighted by molar-refractivity contribution is -0.120. The molecule has 0 unspecified atom stereocenters. The molecule has 0 bridgehead atoms. The molecule has 0 fully saturated rings. The molecule has 0 atom stereocenters. The van der Waals surface area contributed by atoms with Crippen LogP contribution < -0.4 is 19.1 Å². The molecule has 0 radical (unpaired) electrons. The number of rotatable bonds is 6. The number of hydrogen-bond acceptors (Lipinski definition) is 4. The standard InChI is InChI=1S/C20H23NO4/c1-3-24-16-6-8-17(9-7-16)25-14-20(22)21-12-4-5-15-13-18(23-2)10-11-19(15)21/h6-11,13H,3-5,12,14H2,1-2H3. The quantitative estimate of drug-likeness (QED) is 0.807. The van der Waals surface area contributed by atoms with Gasteiger partial charge in [-0.2, -0.15) is 0 Å². The summed E-state index contributed by atoms with van der Waals surface area (Å²) in [6, 6.07) is 13.1. The van der Waals surface area contributed by atoms with Gasteiger partial charge in [0.1, 0.15) is 17.2 Å². The van der Waals surface area contributed by atoms with E-state index in [1.54, 1.807) is 12.0 Å². The fourth-order valence-electron chi connectivity index (χ4n) is 2.98. The first-order chi connectivity index (χ1) is 12.2. The van der Waals surface area contributed by atoms with Gasteiger partial charge in [-0.3, -0.25) is 4.79 Å². The number of hydrogen-bond donors (Lipinski definition) is 0. The molecule has 0 spiro atoms. The Balaban J connectivity index is 1.64. The number of fused-ring (bicyclic) bond motifs is 1. The molecule has 0 aliphatic carbocycles. The molecule has 1 aliphatic heterocycles. The van der Waals surface area contributed by atoms with Crippen LogP contribution in [-0.4, -0.2) is 32.8 Å². The van der Waals surface area contributed by atoms with Gasteiger partial charge in [0.05, 0.1) is 13.7 Å². The zero-order chi connectivity index (χ0) is 17.6. The molecule has 1 aliphatic rings. The number of ether oxygens (including phenoxy) is 3. The average Bonchev–Trinajstić information content (AvgIpc) is 2.66. The minimum Gasteiger partial charge on any atom is -0.497 e. The summed E-state index contributed by atoms with van der Waals surface area (Å²) in [5.41, 5.74) is 2.09. The second-order valence-electron chi connectivity index (χ2n) is 5.84. The van der Waals surface area contributed by atoms with E-state index in [0.29, 0.717) is 18.9 Å². The van der Waals surface area contributed by atoms with Gasteiger partial charge in [0.15, 0.2) is 6.61 Å². The van der Waals surface area contributed by atoms with Crippen LogP contribution in [0.3, 0.4) is 0 Å². The van der Waals surface area contributed by atoms with Crippen molar-refractivity contribution in [3.05, 3.63) is 48.0 Å². The normalized spacial score (nSPS) is 13.1. The molecule has 2 aromatic rings. The van der Waals surface area contributed by atoms with Gasteiger partial charge >= 0.3 is 0 Å². The Morgan fingerprint density at radius 3 is 2.40 bits per heavy atom. The minimum atomic E-state index is -0.0417. The van der Waals surface area contributed by atoms with E-state index in [2.05, 4.69) is 0 Å². The van der Waals surface area contributed by atoms with Crippen LogP contribution in [0.2, 0.25) is 0 Å². The highest BCUT2D eigenvalue weighted by atomic mass is 16.5. The number of benzene rings is 2. The van der Waals surface area contributed by atoms with Crippen molar-refractivity contribution < 1.29 is 19.0 Å². The van der Waals surface area contributed by atoms with Gasteiger partial charge < -0.3 is 19.1 Å². The van der Waals surface area contributed by atoms with Crippen LogP contribution in [0.15, 0.2) is 42.5 Å². The Morgan fingerprint density at radius 2 is 1.72 bits per heavy atom. The van der Waals surface area contributed by atoms with E-state index in [0.717, 1.165) is 35.6 Å². The van der Waals surface area contributed by atoms with Crippen molar-refractivity contribution in [3.8, 4) is 17.2 Å². The van der Waals surface area contributed by atoms with Crippen LogP contribution in [0.25, 0.3) is 0 Å². The second-order valence-corrected chi connectivity index (χ2v) is 5.84. The van der Waals surface area contributed by atoms with E-state index in [1.807, 2.05) is 49.4 Å². The Morgan fingerprint density at radius 1 is 1.04 bits per heavy atom. The van der Waals surface area contributed by atoms with E-state index in [-0.39, 0.29) is 12.5 Å². The molecule has 132 valence electrons. The Hall–Kier alpha value is -2.69. The molecule has 0 saturated heterocycles. The smallest absolute Gasteiger partial charge is 0.264 e. The Bertz CT molecular complexity index is 727. The predicted molar refractivity (Wildman–Crippen MR) is 96.8 cm³/mol. The first-order valence-electron chi connectivity index (χ1n) is 8.54. The van der Waals surface area contributed by atoms with Crippen LogP contribution in [0, 0.1) is 0 Å². The molecule has 0 saturated carbocycles. The molecule has 0 aromatic heterocycles. The van der Waals surface area contributed by atoms with Crippen molar-refractivity contribution in [1.29, 1.82) is 0 Å². The van der Waals surface area contributed by atoms with Crippen molar-refractivity contribution >= 4 is 11.6 Å². The van der Waals surface area contributed by atoms with Gasteiger partial charge in [-0.15, -0.1) is 0 Å². The summed E-state index contributed by atoms with van der Waals surface area (Å²) in [5.74, 6) is 2.22. The largest absolute Gasteiger partial charge is 0.497 e. The number of amides is 1. The summed E-state index contributed by atoms with van der Waals surface area (Å²) in [6.45, 7) is 3.29. The molecule has 25 heavy (non-hydrogen) atoms. The first kappa shape index (κ1) is 17.1. The monoisotopic (exact) mass is 341 g/mol. The average molecular weight is 341 g/mol. The fourth-order valence-corrected chi connectivity index (χ4v) is 2.98. The van der Waals surface area contributed by atoms with Crippen LogP contribution in [0.4, 0.5) is 5.69 Å². The molecule has 5 heteroatoms. The summed E-state index contributed by atoms with van der Waals surface area (Å²) in [6.07, 6.45) is 1.89.